The first-order valence-electron chi connectivity index (χ1n) is 4.86. The maximum absolute atomic E-state index is 11.6. The molecule has 0 aromatic rings. The number of hydrogen-bond donors (Lipinski definition) is 2. The molecule has 1 amide bonds. The number of piperazine rings is 1. The molecule has 1 rings (SSSR count). The Morgan fingerprint density at radius 2 is 2.36 bits per heavy atom. The molecule has 1 saturated heterocycles. The molecule has 0 bridgehead atoms. The van der Waals surface area contributed by atoms with Crippen LogP contribution in [-0.2, 0) is 4.79 Å². The Labute approximate surface area is 91.6 Å². The van der Waals surface area contributed by atoms with Gasteiger partial charge in [0, 0.05) is 38.1 Å². The lowest BCUT2D eigenvalue weighted by molar-refractivity contribution is -0.132. The van der Waals surface area contributed by atoms with Crippen molar-refractivity contribution >= 4 is 18.3 Å². The Kier molecular flexibility index (Phi) is 6.08. The monoisotopic (exact) mass is 221 g/mol. The third-order valence-electron chi connectivity index (χ3n) is 2.22. The fourth-order valence-electron chi connectivity index (χ4n) is 1.56. The minimum Gasteiger partial charge on any atom is -0.340 e. The maximum atomic E-state index is 11.6. The van der Waals surface area contributed by atoms with Crippen molar-refractivity contribution in [3.63, 3.8) is 0 Å². The van der Waals surface area contributed by atoms with Crippen molar-refractivity contribution in [2.75, 3.05) is 19.6 Å². The molecule has 1 unspecified atom stereocenters. The number of carbonyl (C=O) groups is 1. The normalized spacial score (nSPS) is 23.9. The number of nitrogens with two attached hydrogens (primary N) is 1. The fraction of sp³-hybridized carbons (Fsp3) is 0.889. The van der Waals surface area contributed by atoms with E-state index in [4.69, 9.17) is 5.73 Å². The van der Waals surface area contributed by atoms with Crippen molar-refractivity contribution in [1.29, 1.82) is 0 Å². The second kappa shape index (κ2) is 6.22. The summed E-state index contributed by atoms with van der Waals surface area (Å²) in [4.78, 5) is 13.5. The second-order valence-corrected chi connectivity index (χ2v) is 3.88. The maximum Gasteiger partial charge on any atom is 0.224 e. The molecule has 0 aromatic heterocycles. The van der Waals surface area contributed by atoms with Crippen molar-refractivity contribution in [2.24, 2.45) is 5.73 Å². The Balaban J connectivity index is 0.00000169. The summed E-state index contributed by atoms with van der Waals surface area (Å²) in [6.07, 6.45) is 0.465. The number of carbonyl (C=O) groups excluding carboxylic acids is 1. The van der Waals surface area contributed by atoms with Crippen LogP contribution in [0.5, 0.6) is 0 Å². The van der Waals surface area contributed by atoms with E-state index in [1.165, 1.54) is 0 Å². The predicted molar refractivity (Wildman–Crippen MR) is 59.6 cm³/mol. The molecule has 5 heteroatoms. The van der Waals surface area contributed by atoms with Gasteiger partial charge < -0.3 is 16.0 Å². The van der Waals surface area contributed by atoms with Gasteiger partial charge in [-0.25, -0.2) is 0 Å². The molecule has 0 aliphatic carbocycles. The van der Waals surface area contributed by atoms with Crippen LogP contribution in [0.3, 0.4) is 0 Å². The number of nitrogens with one attached hydrogen (secondary N) is 1. The molecule has 2 atom stereocenters. The van der Waals surface area contributed by atoms with E-state index in [0.717, 1.165) is 19.6 Å². The van der Waals surface area contributed by atoms with Gasteiger partial charge in [0.1, 0.15) is 0 Å². The van der Waals surface area contributed by atoms with Gasteiger partial charge in [-0.1, -0.05) is 0 Å². The zero-order valence-corrected chi connectivity index (χ0v) is 9.64. The summed E-state index contributed by atoms with van der Waals surface area (Å²) in [5.41, 5.74) is 5.57. The van der Waals surface area contributed by atoms with Crippen LogP contribution in [0.15, 0.2) is 0 Å². The smallest absolute Gasteiger partial charge is 0.224 e. The Morgan fingerprint density at radius 3 is 2.86 bits per heavy atom. The van der Waals surface area contributed by atoms with Crippen LogP contribution < -0.4 is 11.1 Å². The molecule has 14 heavy (non-hydrogen) atoms. The van der Waals surface area contributed by atoms with Crippen LogP contribution in [-0.4, -0.2) is 42.5 Å². The van der Waals surface area contributed by atoms with Gasteiger partial charge in [0.25, 0.3) is 0 Å². The molecule has 0 aromatic carbocycles. The minimum absolute atomic E-state index is 0. The summed E-state index contributed by atoms with van der Waals surface area (Å²) in [5, 5.41) is 3.29. The van der Waals surface area contributed by atoms with E-state index < -0.39 is 0 Å². The standard InChI is InChI=1S/C9H19N3O.ClH/c1-7(10)5-9(13)12-4-3-11-8(2)6-12;/h7-8,11H,3-6,10H2,1-2H3;1H/t7?,8-;/m1./s1. The summed E-state index contributed by atoms with van der Waals surface area (Å²) < 4.78 is 0. The number of amides is 1. The minimum atomic E-state index is -0.0299. The molecule has 0 radical (unpaired) electrons. The largest absolute Gasteiger partial charge is 0.340 e. The highest BCUT2D eigenvalue weighted by atomic mass is 35.5. The van der Waals surface area contributed by atoms with Gasteiger partial charge in [0.15, 0.2) is 0 Å². The van der Waals surface area contributed by atoms with Crippen LogP contribution in [0.1, 0.15) is 20.3 Å². The number of halogens is 1. The molecule has 1 heterocycles. The Bertz CT molecular complexity index is 187. The number of hydrogen-bond acceptors (Lipinski definition) is 3. The van der Waals surface area contributed by atoms with Gasteiger partial charge in [-0.05, 0) is 13.8 Å². The molecule has 4 nitrogen and oxygen atoms in total. The molecule has 0 saturated carbocycles. The van der Waals surface area contributed by atoms with E-state index in [9.17, 15) is 4.79 Å². The lowest BCUT2D eigenvalue weighted by Gasteiger charge is -2.32. The molecule has 84 valence electrons. The first-order valence-corrected chi connectivity index (χ1v) is 4.86. The lowest BCUT2D eigenvalue weighted by Crippen LogP contribution is -2.52. The van der Waals surface area contributed by atoms with Gasteiger partial charge in [-0.15, -0.1) is 12.4 Å². The summed E-state index contributed by atoms with van der Waals surface area (Å²) in [7, 11) is 0. The van der Waals surface area contributed by atoms with E-state index in [2.05, 4.69) is 12.2 Å². The summed E-state index contributed by atoms with van der Waals surface area (Å²) >= 11 is 0. The molecular formula is C9H20ClN3O. The highest BCUT2D eigenvalue weighted by Crippen LogP contribution is 2.02. The number of nitrogens with zero attached hydrogens (tertiary/aromatic N) is 1. The quantitative estimate of drug-likeness (QED) is 0.689. The summed E-state index contributed by atoms with van der Waals surface area (Å²) in [5.74, 6) is 0.184. The van der Waals surface area contributed by atoms with Gasteiger partial charge in [-0.2, -0.15) is 0 Å². The SMILES string of the molecule is CC(N)CC(=O)N1CCN[C@H](C)C1.Cl. The van der Waals surface area contributed by atoms with Gasteiger partial charge >= 0.3 is 0 Å². The summed E-state index contributed by atoms with van der Waals surface area (Å²) in [6.45, 7) is 6.47. The van der Waals surface area contributed by atoms with Gasteiger partial charge in [0.05, 0.1) is 0 Å². The molecule has 1 fully saturated rings. The Hall–Kier alpha value is -0.320. The molecular weight excluding hydrogens is 202 g/mol. The highest BCUT2D eigenvalue weighted by molar-refractivity contribution is 5.85. The van der Waals surface area contributed by atoms with Crippen molar-refractivity contribution in [3.05, 3.63) is 0 Å². The third-order valence-corrected chi connectivity index (χ3v) is 2.22. The zero-order valence-electron chi connectivity index (χ0n) is 8.82. The second-order valence-electron chi connectivity index (χ2n) is 3.88. The van der Waals surface area contributed by atoms with Crippen molar-refractivity contribution in [3.8, 4) is 0 Å². The first kappa shape index (κ1) is 13.7. The predicted octanol–water partition coefficient (Wildman–Crippen LogP) is -0.0342. The Morgan fingerprint density at radius 1 is 1.71 bits per heavy atom. The van der Waals surface area contributed by atoms with Crippen LogP contribution in [0.4, 0.5) is 0 Å². The van der Waals surface area contributed by atoms with Crippen molar-refractivity contribution < 1.29 is 4.79 Å². The average molecular weight is 222 g/mol. The zero-order chi connectivity index (χ0) is 9.84. The third kappa shape index (κ3) is 4.26. The summed E-state index contributed by atoms with van der Waals surface area (Å²) in [6, 6.07) is 0.378. The van der Waals surface area contributed by atoms with E-state index in [1.807, 2.05) is 11.8 Å². The number of rotatable bonds is 2. The topological polar surface area (TPSA) is 58.4 Å². The molecule has 1 aliphatic rings. The van der Waals surface area contributed by atoms with Crippen LogP contribution in [0.25, 0.3) is 0 Å². The molecule has 0 spiro atoms. The highest BCUT2D eigenvalue weighted by Gasteiger charge is 2.20. The molecule has 1 aliphatic heterocycles. The van der Waals surface area contributed by atoms with Crippen molar-refractivity contribution in [2.45, 2.75) is 32.4 Å². The fourth-order valence-corrected chi connectivity index (χ4v) is 1.56. The average Bonchev–Trinajstić information content (AvgIpc) is 2.03. The van der Waals surface area contributed by atoms with E-state index in [1.54, 1.807) is 0 Å². The van der Waals surface area contributed by atoms with Crippen LogP contribution >= 0.6 is 12.4 Å². The molecule has 3 N–H and O–H groups in total. The van der Waals surface area contributed by atoms with Crippen LogP contribution in [0.2, 0.25) is 0 Å². The van der Waals surface area contributed by atoms with E-state index in [-0.39, 0.29) is 24.4 Å². The lowest BCUT2D eigenvalue weighted by atomic mass is 10.2. The van der Waals surface area contributed by atoms with Crippen LogP contribution in [0, 0.1) is 0 Å². The first-order chi connectivity index (χ1) is 6.09. The van der Waals surface area contributed by atoms with E-state index in [0.29, 0.717) is 12.5 Å². The van der Waals surface area contributed by atoms with E-state index >= 15 is 0 Å². The van der Waals surface area contributed by atoms with Gasteiger partial charge in [-0.3, -0.25) is 4.79 Å². The van der Waals surface area contributed by atoms with Gasteiger partial charge in [0.2, 0.25) is 5.91 Å². The van der Waals surface area contributed by atoms with Crippen molar-refractivity contribution in [1.82, 2.24) is 10.2 Å².